The van der Waals surface area contributed by atoms with Gasteiger partial charge >= 0.3 is 0 Å². The van der Waals surface area contributed by atoms with E-state index in [1.165, 1.54) is 12.1 Å². The van der Waals surface area contributed by atoms with Crippen molar-refractivity contribution in [2.24, 2.45) is 0 Å². The first-order chi connectivity index (χ1) is 11.1. The van der Waals surface area contributed by atoms with E-state index in [9.17, 15) is 20.2 Å². The fourth-order valence-electron chi connectivity index (χ4n) is 3.30. The van der Waals surface area contributed by atoms with E-state index in [1.54, 1.807) is 18.2 Å². The van der Waals surface area contributed by atoms with Crippen LogP contribution in [0.1, 0.15) is 11.1 Å². The van der Waals surface area contributed by atoms with E-state index in [1.807, 2.05) is 18.2 Å². The van der Waals surface area contributed by atoms with Crippen LogP contribution in [0.5, 0.6) is 0 Å². The van der Waals surface area contributed by atoms with Crippen molar-refractivity contribution in [3.63, 3.8) is 0 Å². The molecule has 0 N–H and O–H groups in total. The summed E-state index contributed by atoms with van der Waals surface area (Å²) >= 11 is 0. The summed E-state index contributed by atoms with van der Waals surface area (Å²) in [6.07, 6.45) is 0.470. The Morgan fingerprint density at radius 3 is 2.39 bits per heavy atom. The lowest BCUT2D eigenvalue weighted by Crippen LogP contribution is -1.94. The van der Waals surface area contributed by atoms with Gasteiger partial charge in [-0.3, -0.25) is 20.2 Å². The monoisotopic (exact) mass is 306 g/mol. The zero-order valence-electron chi connectivity index (χ0n) is 11.9. The van der Waals surface area contributed by atoms with Crippen molar-refractivity contribution in [1.82, 2.24) is 0 Å². The highest BCUT2D eigenvalue weighted by atomic mass is 16.6. The van der Waals surface area contributed by atoms with Crippen molar-refractivity contribution >= 4 is 22.1 Å². The first-order valence-electron chi connectivity index (χ1n) is 7.03. The number of fused-ring (bicyclic) bond motifs is 4. The molecule has 1 aliphatic carbocycles. The highest BCUT2D eigenvalue weighted by molar-refractivity contribution is 6.02. The topological polar surface area (TPSA) is 86.3 Å². The molecule has 23 heavy (non-hydrogen) atoms. The van der Waals surface area contributed by atoms with Crippen LogP contribution in [-0.2, 0) is 6.42 Å². The maximum Gasteiger partial charge on any atom is 0.285 e. The number of hydrogen-bond donors (Lipinski definition) is 0. The first kappa shape index (κ1) is 13.4. The van der Waals surface area contributed by atoms with Gasteiger partial charge < -0.3 is 0 Å². The zero-order valence-corrected chi connectivity index (χ0v) is 11.9. The molecule has 0 unspecified atom stereocenters. The summed E-state index contributed by atoms with van der Waals surface area (Å²) in [5, 5.41) is 24.0. The third-order valence-corrected chi connectivity index (χ3v) is 4.24. The Labute approximate surface area is 130 Å². The predicted octanol–water partition coefficient (Wildman–Crippen LogP) is 4.23. The molecule has 0 atom stereocenters. The van der Waals surface area contributed by atoms with Gasteiger partial charge in [0.05, 0.1) is 20.8 Å². The molecule has 0 aromatic heterocycles. The van der Waals surface area contributed by atoms with E-state index in [0.717, 1.165) is 16.5 Å². The molecule has 3 aromatic rings. The second-order valence-electron chi connectivity index (χ2n) is 5.51. The van der Waals surface area contributed by atoms with E-state index >= 15 is 0 Å². The standard InChI is InChI=1S/C17H10N2O4/c20-18(21)13-5-6-14-11(9-13)8-12-7-10-3-1-2-4-15(10)17(16(12)14)19(22)23/h1-7,9H,8H2. The van der Waals surface area contributed by atoms with Crippen molar-refractivity contribution < 1.29 is 9.85 Å². The third kappa shape index (κ3) is 1.88. The van der Waals surface area contributed by atoms with Crippen molar-refractivity contribution in [2.75, 3.05) is 0 Å². The third-order valence-electron chi connectivity index (χ3n) is 4.24. The van der Waals surface area contributed by atoms with Crippen molar-refractivity contribution in [3.05, 3.63) is 79.9 Å². The minimum absolute atomic E-state index is 0.00349. The number of non-ortho nitro benzene ring substituents is 1. The number of nitro groups is 2. The van der Waals surface area contributed by atoms with E-state index in [-0.39, 0.29) is 16.3 Å². The molecular weight excluding hydrogens is 296 g/mol. The molecule has 6 nitrogen and oxygen atoms in total. The minimum Gasteiger partial charge on any atom is -0.258 e. The lowest BCUT2D eigenvalue weighted by molar-refractivity contribution is -0.384. The van der Waals surface area contributed by atoms with Gasteiger partial charge in [0.1, 0.15) is 0 Å². The van der Waals surface area contributed by atoms with Gasteiger partial charge in [-0.15, -0.1) is 0 Å². The van der Waals surface area contributed by atoms with Crippen molar-refractivity contribution in [2.45, 2.75) is 6.42 Å². The molecular formula is C17H10N2O4. The summed E-state index contributed by atoms with van der Waals surface area (Å²) in [7, 11) is 0. The van der Waals surface area contributed by atoms with Crippen LogP contribution in [0.15, 0.2) is 48.5 Å². The van der Waals surface area contributed by atoms with E-state index in [2.05, 4.69) is 0 Å². The summed E-state index contributed by atoms with van der Waals surface area (Å²) in [5.74, 6) is 0. The Bertz CT molecular complexity index is 1010. The van der Waals surface area contributed by atoms with Crippen LogP contribution in [0.3, 0.4) is 0 Å². The SMILES string of the molecule is O=[N+]([O-])c1ccc2c(c1)Cc1cc3ccccc3c([N+](=O)[O-])c1-2. The first-order valence-corrected chi connectivity index (χ1v) is 7.03. The number of rotatable bonds is 2. The second kappa shape index (κ2) is 4.61. The maximum absolute atomic E-state index is 11.7. The number of hydrogen-bond acceptors (Lipinski definition) is 4. The Morgan fingerprint density at radius 1 is 0.870 bits per heavy atom. The van der Waals surface area contributed by atoms with Crippen LogP contribution in [0, 0.1) is 20.2 Å². The van der Waals surface area contributed by atoms with Gasteiger partial charge in [0.2, 0.25) is 0 Å². The van der Waals surface area contributed by atoms with Gasteiger partial charge in [0, 0.05) is 12.1 Å². The minimum atomic E-state index is -0.450. The lowest BCUT2D eigenvalue weighted by Gasteiger charge is -2.06. The largest absolute Gasteiger partial charge is 0.285 e. The van der Waals surface area contributed by atoms with Crippen molar-refractivity contribution in [1.29, 1.82) is 0 Å². The molecule has 4 rings (SSSR count). The zero-order chi connectivity index (χ0) is 16.1. The Kier molecular flexibility index (Phi) is 2.68. The maximum atomic E-state index is 11.7. The van der Waals surface area contributed by atoms with Gasteiger partial charge in [-0.2, -0.15) is 0 Å². The highest BCUT2D eigenvalue weighted by Gasteiger charge is 2.30. The Balaban J connectivity index is 2.06. The molecule has 0 fully saturated rings. The number of nitro benzene ring substituents is 2. The average molecular weight is 306 g/mol. The van der Waals surface area contributed by atoms with E-state index in [0.29, 0.717) is 22.9 Å². The predicted molar refractivity (Wildman–Crippen MR) is 85.5 cm³/mol. The summed E-state index contributed by atoms with van der Waals surface area (Å²) in [4.78, 5) is 21.8. The molecule has 1 aliphatic rings. The Morgan fingerprint density at radius 2 is 1.65 bits per heavy atom. The summed E-state index contributed by atoms with van der Waals surface area (Å²) in [5.41, 5.74) is 2.97. The summed E-state index contributed by atoms with van der Waals surface area (Å²) in [6, 6.07) is 13.6. The molecule has 0 bridgehead atoms. The molecule has 0 saturated heterocycles. The van der Waals surface area contributed by atoms with E-state index in [4.69, 9.17) is 0 Å². The normalized spacial score (nSPS) is 12.0. The molecule has 0 heterocycles. The molecule has 0 saturated carbocycles. The second-order valence-corrected chi connectivity index (χ2v) is 5.51. The highest BCUT2D eigenvalue weighted by Crippen LogP contribution is 2.46. The van der Waals surface area contributed by atoms with E-state index < -0.39 is 4.92 Å². The molecule has 6 heteroatoms. The van der Waals surface area contributed by atoms with Gasteiger partial charge in [0.25, 0.3) is 11.4 Å². The smallest absolute Gasteiger partial charge is 0.258 e. The van der Waals surface area contributed by atoms with Crippen LogP contribution in [-0.4, -0.2) is 9.85 Å². The average Bonchev–Trinajstić information content (AvgIpc) is 2.89. The van der Waals surface area contributed by atoms with Crippen molar-refractivity contribution in [3.8, 4) is 11.1 Å². The number of nitrogens with zero attached hydrogens (tertiary/aromatic N) is 2. The summed E-state index contributed by atoms with van der Waals surface area (Å²) < 4.78 is 0. The van der Waals surface area contributed by atoms with Crippen LogP contribution < -0.4 is 0 Å². The van der Waals surface area contributed by atoms with Gasteiger partial charge in [-0.05, 0) is 46.7 Å². The van der Waals surface area contributed by atoms with Gasteiger partial charge in [-0.25, -0.2) is 0 Å². The molecule has 112 valence electrons. The molecule has 0 aliphatic heterocycles. The fourth-order valence-corrected chi connectivity index (χ4v) is 3.30. The Hall–Kier alpha value is -3.28. The fraction of sp³-hybridized carbons (Fsp3) is 0.0588. The summed E-state index contributed by atoms with van der Waals surface area (Å²) in [6.45, 7) is 0. The van der Waals surface area contributed by atoms with Gasteiger partial charge in [0.15, 0.2) is 0 Å². The van der Waals surface area contributed by atoms with Crippen LogP contribution in [0.25, 0.3) is 21.9 Å². The molecule has 0 amide bonds. The van der Waals surface area contributed by atoms with Crippen LogP contribution >= 0.6 is 0 Å². The molecule has 0 radical (unpaired) electrons. The van der Waals surface area contributed by atoms with Crippen LogP contribution in [0.2, 0.25) is 0 Å². The van der Waals surface area contributed by atoms with Crippen LogP contribution in [0.4, 0.5) is 11.4 Å². The van der Waals surface area contributed by atoms with Gasteiger partial charge in [-0.1, -0.05) is 18.2 Å². The lowest BCUT2D eigenvalue weighted by atomic mass is 9.98. The molecule has 3 aromatic carbocycles. The number of benzene rings is 3. The molecule has 0 spiro atoms. The quantitative estimate of drug-likeness (QED) is 0.409.